The van der Waals surface area contributed by atoms with Gasteiger partial charge in [-0.1, -0.05) is 20.8 Å². The quantitative estimate of drug-likeness (QED) is 0.752. The van der Waals surface area contributed by atoms with Crippen molar-refractivity contribution in [3.63, 3.8) is 0 Å². The summed E-state index contributed by atoms with van der Waals surface area (Å²) < 4.78 is 0. The van der Waals surface area contributed by atoms with Gasteiger partial charge in [0, 0.05) is 17.2 Å². The van der Waals surface area contributed by atoms with Crippen molar-refractivity contribution in [3.8, 4) is 0 Å². The molecule has 3 heteroatoms. The standard InChI is InChI=1S/C10H19N3/c1-5-8(6(2)3)9-7(4)10(11)13-12-9/h6,8H,5H2,1-4H3,(H3,11,12,13). The van der Waals surface area contributed by atoms with Gasteiger partial charge in [-0.3, -0.25) is 5.10 Å². The van der Waals surface area contributed by atoms with Crippen LogP contribution in [0.2, 0.25) is 0 Å². The molecule has 1 aromatic rings. The Bertz CT molecular complexity index is 276. The van der Waals surface area contributed by atoms with Crippen LogP contribution >= 0.6 is 0 Å². The maximum atomic E-state index is 5.69. The fraction of sp³-hybridized carbons (Fsp3) is 0.700. The summed E-state index contributed by atoms with van der Waals surface area (Å²) in [6, 6.07) is 0. The van der Waals surface area contributed by atoms with Gasteiger partial charge in [0.05, 0.1) is 0 Å². The number of aromatic amines is 1. The number of nitrogens with zero attached hydrogens (tertiary/aromatic N) is 1. The van der Waals surface area contributed by atoms with E-state index in [0.717, 1.165) is 12.0 Å². The van der Waals surface area contributed by atoms with E-state index < -0.39 is 0 Å². The van der Waals surface area contributed by atoms with Crippen molar-refractivity contribution in [2.75, 3.05) is 5.73 Å². The predicted molar refractivity (Wildman–Crippen MR) is 55.6 cm³/mol. The first kappa shape index (κ1) is 10.1. The second-order valence-electron chi connectivity index (χ2n) is 3.91. The molecule has 0 saturated carbocycles. The minimum Gasteiger partial charge on any atom is -0.382 e. The molecule has 1 rings (SSSR count). The van der Waals surface area contributed by atoms with Gasteiger partial charge in [-0.25, -0.2) is 0 Å². The Hall–Kier alpha value is -0.990. The van der Waals surface area contributed by atoms with E-state index in [-0.39, 0.29) is 0 Å². The molecule has 0 aliphatic carbocycles. The third-order valence-electron chi connectivity index (χ3n) is 2.70. The molecular weight excluding hydrogens is 162 g/mol. The van der Waals surface area contributed by atoms with Crippen molar-refractivity contribution in [1.82, 2.24) is 10.2 Å². The van der Waals surface area contributed by atoms with E-state index in [1.165, 1.54) is 5.69 Å². The monoisotopic (exact) mass is 181 g/mol. The molecule has 0 aliphatic heterocycles. The van der Waals surface area contributed by atoms with Crippen LogP contribution < -0.4 is 5.73 Å². The summed E-state index contributed by atoms with van der Waals surface area (Å²) in [4.78, 5) is 0. The molecule has 3 nitrogen and oxygen atoms in total. The summed E-state index contributed by atoms with van der Waals surface area (Å²) in [6.07, 6.45) is 1.13. The van der Waals surface area contributed by atoms with E-state index >= 15 is 0 Å². The van der Waals surface area contributed by atoms with Crippen LogP contribution in [-0.4, -0.2) is 10.2 Å². The van der Waals surface area contributed by atoms with Crippen molar-refractivity contribution in [2.24, 2.45) is 5.92 Å². The fourth-order valence-corrected chi connectivity index (χ4v) is 1.80. The lowest BCUT2D eigenvalue weighted by Gasteiger charge is -2.17. The highest BCUT2D eigenvalue weighted by Crippen LogP contribution is 2.29. The van der Waals surface area contributed by atoms with Crippen molar-refractivity contribution in [1.29, 1.82) is 0 Å². The Balaban J connectivity index is 2.98. The van der Waals surface area contributed by atoms with Crippen molar-refractivity contribution < 1.29 is 0 Å². The smallest absolute Gasteiger partial charge is 0.148 e. The molecule has 0 amide bonds. The number of hydrogen-bond donors (Lipinski definition) is 2. The summed E-state index contributed by atoms with van der Waals surface area (Å²) in [5.74, 6) is 1.81. The SMILES string of the molecule is CCC(c1[nH]nc(N)c1C)C(C)C. The number of anilines is 1. The molecule has 1 unspecified atom stereocenters. The van der Waals surface area contributed by atoms with Crippen molar-refractivity contribution in [3.05, 3.63) is 11.3 Å². The van der Waals surface area contributed by atoms with E-state index in [0.29, 0.717) is 17.7 Å². The summed E-state index contributed by atoms with van der Waals surface area (Å²) in [5, 5.41) is 7.05. The Morgan fingerprint density at radius 1 is 1.46 bits per heavy atom. The Labute approximate surface area is 79.7 Å². The highest BCUT2D eigenvalue weighted by molar-refractivity contribution is 5.42. The maximum Gasteiger partial charge on any atom is 0.148 e. The third kappa shape index (κ3) is 1.85. The zero-order chi connectivity index (χ0) is 10.0. The molecule has 0 aliphatic rings. The lowest BCUT2D eigenvalue weighted by Crippen LogP contribution is -2.07. The normalized spacial score (nSPS) is 13.6. The molecule has 1 heterocycles. The van der Waals surface area contributed by atoms with Crippen LogP contribution in [0.5, 0.6) is 0 Å². The molecule has 13 heavy (non-hydrogen) atoms. The van der Waals surface area contributed by atoms with E-state index in [9.17, 15) is 0 Å². The molecule has 3 N–H and O–H groups in total. The molecular formula is C10H19N3. The minimum atomic E-state index is 0.546. The zero-order valence-corrected chi connectivity index (χ0v) is 8.89. The Morgan fingerprint density at radius 3 is 2.38 bits per heavy atom. The van der Waals surface area contributed by atoms with Crippen LogP contribution in [0.15, 0.2) is 0 Å². The second kappa shape index (κ2) is 3.81. The van der Waals surface area contributed by atoms with E-state index in [1.807, 2.05) is 6.92 Å². The van der Waals surface area contributed by atoms with Crippen LogP contribution in [-0.2, 0) is 0 Å². The lowest BCUT2D eigenvalue weighted by atomic mass is 9.88. The van der Waals surface area contributed by atoms with Gasteiger partial charge in [-0.15, -0.1) is 0 Å². The van der Waals surface area contributed by atoms with Gasteiger partial charge < -0.3 is 5.73 Å². The van der Waals surface area contributed by atoms with Crippen LogP contribution in [0.4, 0.5) is 5.82 Å². The van der Waals surface area contributed by atoms with E-state index in [4.69, 9.17) is 5.73 Å². The minimum absolute atomic E-state index is 0.546. The number of nitrogen functional groups attached to an aromatic ring is 1. The van der Waals surface area contributed by atoms with Crippen LogP contribution in [0.3, 0.4) is 0 Å². The molecule has 0 spiro atoms. The number of H-pyrrole nitrogens is 1. The Kier molecular flexibility index (Phi) is 2.96. The number of nitrogens with one attached hydrogen (secondary N) is 1. The van der Waals surface area contributed by atoms with E-state index in [1.54, 1.807) is 0 Å². The highest BCUT2D eigenvalue weighted by atomic mass is 15.2. The summed E-state index contributed by atoms with van der Waals surface area (Å²) in [5.41, 5.74) is 8.01. The molecule has 74 valence electrons. The number of hydrogen-bond acceptors (Lipinski definition) is 2. The number of nitrogens with two attached hydrogens (primary N) is 1. The second-order valence-corrected chi connectivity index (χ2v) is 3.91. The maximum absolute atomic E-state index is 5.69. The largest absolute Gasteiger partial charge is 0.382 e. The van der Waals surface area contributed by atoms with Crippen molar-refractivity contribution >= 4 is 5.82 Å². The van der Waals surface area contributed by atoms with Crippen LogP contribution in [0.25, 0.3) is 0 Å². The summed E-state index contributed by atoms with van der Waals surface area (Å²) >= 11 is 0. The molecule has 0 aromatic carbocycles. The first-order chi connectivity index (χ1) is 6.07. The molecule has 0 fully saturated rings. The summed E-state index contributed by atoms with van der Waals surface area (Å²) in [7, 11) is 0. The molecule has 1 atom stereocenters. The topological polar surface area (TPSA) is 54.7 Å². The number of rotatable bonds is 3. The number of aromatic nitrogens is 2. The van der Waals surface area contributed by atoms with Gasteiger partial charge >= 0.3 is 0 Å². The molecule has 0 radical (unpaired) electrons. The average Bonchev–Trinajstić information content (AvgIpc) is 2.37. The van der Waals surface area contributed by atoms with Gasteiger partial charge in [0.2, 0.25) is 0 Å². The zero-order valence-electron chi connectivity index (χ0n) is 8.89. The first-order valence-corrected chi connectivity index (χ1v) is 4.88. The molecule has 0 bridgehead atoms. The fourth-order valence-electron chi connectivity index (χ4n) is 1.80. The first-order valence-electron chi connectivity index (χ1n) is 4.88. The van der Waals surface area contributed by atoms with E-state index in [2.05, 4.69) is 31.0 Å². The van der Waals surface area contributed by atoms with Gasteiger partial charge in [0.15, 0.2) is 0 Å². The summed E-state index contributed by atoms with van der Waals surface area (Å²) in [6.45, 7) is 8.68. The molecule has 0 saturated heterocycles. The molecule has 1 aromatic heterocycles. The van der Waals surface area contributed by atoms with Crippen molar-refractivity contribution in [2.45, 2.75) is 40.0 Å². The predicted octanol–water partition coefficient (Wildman–Crippen LogP) is 2.45. The van der Waals surface area contributed by atoms with Crippen LogP contribution in [0, 0.1) is 12.8 Å². The highest BCUT2D eigenvalue weighted by Gasteiger charge is 2.18. The lowest BCUT2D eigenvalue weighted by molar-refractivity contribution is 0.472. The van der Waals surface area contributed by atoms with Gasteiger partial charge in [-0.05, 0) is 19.3 Å². The van der Waals surface area contributed by atoms with Crippen LogP contribution in [0.1, 0.15) is 44.4 Å². The Morgan fingerprint density at radius 2 is 2.08 bits per heavy atom. The van der Waals surface area contributed by atoms with Gasteiger partial charge in [0.25, 0.3) is 0 Å². The average molecular weight is 181 g/mol. The third-order valence-corrected chi connectivity index (χ3v) is 2.70. The van der Waals surface area contributed by atoms with Gasteiger partial charge in [-0.2, -0.15) is 5.10 Å². The van der Waals surface area contributed by atoms with Gasteiger partial charge in [0.1, 0.15) is 5.82 Å².